The van der Waals surface area contributed by atoms with Crippen LogP contribution in [0, 0.1) is 12.7 Å². The minimum atomic E-state index is -3.56. The van der Waals surface area contributed by atoms with E-state index in [9.17, 15) is 17.6 Å². The summed E-state index contributed by atoms with van der Waals surface area (Å²) in [6.45, 7) is 4.15. The first-order valence-corrected chi connectivity index (χ1v) is 10.4. The largest absolute Gasteiger partial charge is 0.322 e. The molecule has 5 nitrogen and oxygen atoms in total. The first-order valence-electron chi connectivity index (χ1n) is 8.98. The van der Waals surface area contributed by atoms with Gasteiger partial charge in [0, 0.05) is 23.8 Å². The maximum absolute atomic E-state index is 13.2. The molecule has 3 rings (SSSR count). The second-order valence-corrected chi connectivity index (χ2v) is 8.79. The summed E-state index contributed by atoms with van der Waals surface area (Å²) in [4.78, 5) is 12.6. The van der Waals surface area contributed by atoms with Crippen molar-refractivity contribution in [3.63, 3.8) is 0 Å². The zero-order valence-corrected chi connectivity index (χ0v) is 16.2. The van der Waals surface area contributed by atoms with Gasteiger partial charge in [0.05, 0.1) is 4.90 Å². The maximum Gasteiger partial charge on any atom is 0.255 e. The quantitative estimate of drug-likeness (QED) is 0.860. The number of carbonyl (C=O) groups is 1. The predicted octanol–water partition coefficient (Wildman–Crippen LogP) is 3.95. The highest BCUT2D eigenvalue weighted by atomic mass is 32.2. The number of aryl methyl sites for hydroxylation is 1. The van der Waals surface area contributed by atoms with E-state index in [4.69, 9.17) is 0 Å². The Labute approximate surface area is 159 Å². The van der Waals surface area contributed by atoms with E-state index in [-0.39, 0.29) is 22.7 Å². The average Bonchev–Trinajstić information content (AvgIpc) is 2.64. The third kappa shape index (κ3) is 4.20. The molecule has 144 valence electrons. The van der Waals surface area contributed by atoms with Crippen molar-refractivity contribution in [2.24, 2.45) is 0 Å². The molecule has 0 aliphatic carbocycles. The highest BCUT2D eigenvalue weighted by Gasteiger charge is 2.30. The van der Waals surface area contributed by atoms with Gasteiger partial charge in [-0.15, -0.1) is 0 Å². The minimum Gasteiger partial charge on any atom is -0.322 e. The molecule has 1 atom stereocenters. The number of amides is 1. The zero-order valence-electron chi connectivity index (χ0n) is 15.4. The molecule has 1 heterocycles. The number of halogens is 1. The van der Waals surface area contributed by atoms with E-state index >= 15 is 0 Å². The van der Waals surface area contributed by atoms with Gasteiger partial charge < -0.3 is 5.32 Å². The Morgan fingerprint density at radius 2 is 1.85 bits per heavy atom. The van der Waals surface area contributed by atoms with Crippen LogP contribution in [0.3, 0.4) is 0 Å². The molecule has 0 bridgehead atoms. The lowest BCUT2D eigenvalue weighted by molar-refractivity contribution is 0.102. The number of carbonyl (C=O) groups excluding carboxylic acids is 1. The molecule has 0 radical (unpaired) electrons. The van der Waals surface area contributed by atoms with Crippen molar-refractivity contribution in [3.8, 4) is 0 Å². The van der Waals surface area contributed by atoms with Crippen LogP contribution in [0.15, 0.2) is 47.4 Å². The van der Waals surface area contributed by atoms with E-state index < -0.39 is 10.0 Å². The van der Waals surface area contributed by atoms with Crippen molar-refractivity contribution in [2.75, 3.05) is 11.9 Å². The highest BCUT2D eigenvalue weighted by molar-refractivity contribution is 7.89. The predicted molar refractivity (Wildman–Crippen MR) is 103 cm³/mol. The lowest BCUT2D eigenvalue weighted by Crippen LogP contribution is -2.41. The van der Waals surface area contributed by atoms with Crippen molar-refractivity contribution in [1.29, 1.82) is 0 Å². The van der Waals surface area contributed by atoms with Crippen LogP contribution >= 0.6 is 0 Å². The molecule has 27 heavy (non-hydrogen) atoms. The van der Waals surface area contributed by atoms with Crippen molar-refractivity contribution in [2.45, 2.75) is 44.0 Å². The van der Waals surface area contributed by atoms with Crippen LogP contribution in [0.25, 0.3) is 0 Å². The molecule has 1 fully saturated rings. The number of rotatable bonds is 4. The van der Waals surface area contributed by atoms with Crippen molar-refractivity contribution < 1.29 is 17.6 Å². The molecule has 1 aliphatic rings. The Kier molecular flexibility index (Phi) is 5.62. The molecule has 1 unspecified atom stereocenters. The second kappa shape index (κ2) is 7.78. The number of anilines is 1. The van der Waals surface area contributed by atoms with Gasteiger partial charge in [-0.3, -0.25) is 4.79 Å². The number of sulfonamides is 1. The topological polar surface area (TPSA) is 66.5 Å². The molecular formula is C20H23FN2O3S. The number of nitrogens with one attached hydrogen (secondary N) is 1. The first-order chi connectivity index (χ1) is 12.8. The average molecular weight is 390 g/mol. The fraction of sp³-hybridized carbons (Fsp3) is 0.350. The Balaban J connectivity index is 1.77. The van der Waals surface area contributed by atoms with Gasteiger partial charge in [-0.1, -0.05) is 6.42 Å². The van der Waals surface area contributed by atoms with Crippen LogP contribution in [-0.4, -0.2) is 31.2 Å². The summed E-state index contributed by atoms with van der Waals surface area (Å²) in [5.41, 5.74) is 1.46. The number of benzene rings is 2. The van der Waals surface area contributed by atoms with E-state index in [1.165, 1.54) is 46.8 Å². The fourth-order valence-corrected chi connectivity index (χ4v) is 5.00. The lowest BCUT2D eigenvalue weighted by Gasteiger charge is -2.32. The summed E-state index contributed by atoms with van der Waals surface area (Å²) in [5, 5.41) is 2.72. The number of piperidine rings is 1. The normalized spacial score (nSPS) is 18.3. The smallest absolute Gasteiger partial charge is 0.255 e. The Hall–Kier alpha value is -2.25. The number of nitrogens with zero attached hydrogens (tertiary/aromatic N) is 1. The molecular weight excluding hydrogens is 367 g/mol. The van der Waals surface area contributed by atoms with Crippen LogP contribution in [0.5, 0.6) is 0 Å². The van der Waals surface area contributed by atoms with Gasteiger partial charge in [-0.05, 0) is 74.7 Å². The van der Waals surface area contributed by atoms with Gasteiger partial charge in [0.25, 0.3) is 5.91 Å². The summed E-state index contributed by atoms with van der Waals surface area (Å²) in [5.74, 6) is -0.744. The van der Waals surface area contributed by atoms with Crippen molar-refractivity contribution >= 4 is 21.6 Å². The van der Waals surface area contributed by atoms with Crippen molar-refractivity contribution in [1.82, 2.24) is 4.31 Å². The third-order valence-corrected chi connectivity index (χ3v) is 6.93. The van der Waals surface area contributed by atoms with Crippen LogP contribution in [0.1, 0.15) is 42.1 Å². The SMILES string of the molecule is Cc1cc(F)ccc1NC(=O)c1ccc(S(=O)(=O)N2CCCCC2C)cc1. The monoisotopic (exact) mass is 390 g/mol. The summed E-state index contributed by atoms with van der Waals surface area (Å²) in [7, 11) is -3.56. The van der Waals surface area contributed by atoms with Gasteiger partial charge in [0.15, 0.2) is 0 Å². The standard InChI is InChI=1S/C20H23FN2O3S/c1-14-13-17(21)8-11-19(14)22-20(24)16-6-9-18(10-7-16)27(25,26)23-12-4-3-5-15(23)2/h6-11,13,15H,3-5,12H2,1-2H3,(H,22,24). The molecule has 7 heteroatoms. The first kappa shape index (κ1) is 19.5. The van der Waals surface area contributed by atoms with Crippen LogP contribution in [0.4, 0.5) is 10.1 Å². The van der Waals surface area contributed by atoms with E-state index in [1.807, 2.05) is 6.92 Å². The highest BCUT2D eigenvalue weighted by Crippen LogP contribution is 2.25. The zero-order chi connectivity index (χ0) is 19.6. The molecule has 1 amide bonds. The third-order valence-electron chi connectivity index (χ3n) is 4.90. The minimum absolute atomic E-state index is 0.0202. The molecule has 0 saturated carbocycles. The van der Waals surface area contributed by atoms with Crippen LogP contribution < -0.4 is 5.32 Å². The Morgan fingerprint density at radius 3 is 2.48 bits per heavy atom. The van der Waals surface area contributed by atoms with E-state index in [0.29, 0.717) is 23.4 Å². The maximum atomic E-state index is 13.2. The van der Waals surface area contributed by atoms with Crippen LogP contribution in [-0.2, 0) is 10.0 Å². The molecule has 0 spiro atoms. The molecule has 1 saturated heterocycles. The van der Waals surface area contributed by atoms with E-state index in [2.05, 4.69) is 5.32 Å². The summed E-state index contributed by atoms with van der Waals surface area (Å²) in [6, 6.07) is 10.0. The Bertz CT molecular complexity index is 942. The molecule has 2 aromatic rings. The lowest BCUT2D eigenvalue weighted by atomic mass is 10.1. The van der Waals surface area contributed by atoms with Crippen molar-refractivity contribution in [3.05, 3.63) is 59.4 Å². The van der Waals surface area contributed by atoms with Gasteiger partial charge in [0.2, 0.25) is 10.0 Å². The molecule has 1 N–H and O–H groups in total. The van der Waals surface area contributed by atoms with Gasteiger partial charge >= 0.3 is 0 Å². The van der Waals surface area contributed by atoms with E-state index in [0.717, 1.165) is 19.3 Å². The molecule has 2 aromatic carbocycles. The van der Waals surface area contributed by atoms with Gasteiger partial charge in [-0.2, -0.15) is 4.31 Å². The van der Waals surface area contributed by atoms with Crippen LogP contribution in [0.2, 0.25) is 0 Å². The van der Waals surface area contributed by atoms with Gasteiger partial charge in [-0.25, -0.2) is 12.8 Å². The number of hydrogen-bond donors (Lipinski definition) is 1. The summed E-state index contributed by atoms with van der Waals surface area (Å²) < 4.78 is 40.4. The number of hydrogen-bond acceptors (Lipinski definition) is 3. The Morgan fingerprint density at radius 1 is 1.15 bits per heavy atom. The second-order valence-electron chi connectivity index (χ2n) is 6.90. The molecule has 0 aromatic heterocycles. The van der Waals surface area contributed by atoms with Gasteiger partial charge in [0.1, 0.15) is 5.82 Å². The summed E-state index contributed by atoms with van der Waals surface area (Å²) in [6.07, 6.45) is 2.76. The fourth-order valence-electron chi connectivity index (χ4n) is 3.30. The van der Waals surface area contributed by atoms with E-state index in [1.54, 1.807) is 6.92 Å². The summed E-state index contributed by atoms with van der Waals surface area (Å²) >= 11 is 0. The molecule has 1 aliphatic heterocycles.